The molecule has 0 radical (unpaired) electrons. The van der Waals surface area contributed by atoms with Crippen LogP contribution in [-0.2, 0) is 12.2 Å². The van der Waals surface area contributed by atoms with Gasteiger partial charge in [0.25, 0.3) is 0 Å². The molecule has 0 amide bonds. The zero-order valence-corrected chi connectivity index (χ0v) is 17.1. The Labute approximate surface area is 177 Å². The fourth-order valence-electron chi connectivity index (χ4n) is 3.09. The van der Waals surface area contributed by atoms with Crippen LogP contribution < -0.4 is 0 Å². The summed E-state index contributed by atoms with van der Waals surface area (Å²) in [7, 11) is 0. The van der Waals surface area contributed by atoms with Crippen LogP contribution in [0, 0.1) is 0 Å². The van der Waals surface area contributed by atoms with E-state index < -0.39 is 0 Å². The minimum absolute atomic E-state index is 0.455. The average Bonchev–Trinajstić information content (AvgIpc) is 3.36. The van der Waals surface area contributed by atoms with E-state index in [1.54, 1.807) is 11.8 Å². The Balaban J connectivity index is 1.42. The van der Waals surface area contributed by atoms with Gasteiger partial charge < -0.3 is 4.52 Å². The average molecular weight is 424 g/mol. The van der Waals surface area contributed by atoms with Crippen LogP contribution in [0.1, 0.15) is 41.9 Å². The number of thioether (sulfide) groups is 1. The van der Waals surface area contributed by atoms with Crippen molar-refractivity contribution in [2.45, 2.75) is 36.1 Å². The Bertz CT molecular complexity index is 1110. The molecule has 0 unspecified atom stereocenters. The van der Waals surface area contributed by atoms with Crippen molar-refractivity contribution in [2.24, 2.45) is 0 Å². The van der Waals surface area contributed by atoms with Gasteiger partial charge in [-0.3, -0.25) is 4.57 Å². The minimum atomic E-state index is 0.455. The van der Waals surface area contributed by atoms with E-state index >= 15 is 0 Å². The number of nitrogens with zero attached hydrogens (tertiary/aromatic N) is 5. The maximum Gasteiger partial charge on any atom is 0.229 e. The van der Waals surface area contributed by atoms with Gasteiger partial charge in [0.15, 0.2) is 11.0 Å². The Morgan fingerprint density at radius 3 is 2.59 bits per heavy atom. The molecular weight excluding hydrogens is 406 g/mol. The minimum Gasteiger partial charge on any atom is -0.339 e. The predicted octanol–water partition coefficient (Wildman–Crippen LogP) is 5.06. The number of hydrogen-bond acceptors (Lipinski definition) is 6. The first-order valence-electron chi connectivity index (χ1n) is 9.46. The lowest BCUT2D eigenvalue weighted by Crippen LogP contribution is -2.04. The molecule has 2 aromatic carbocycles. The summed E-state index contributed by atoms with van der Waals surface area (Å²) in [4.78, 5) is 4.50. The van der Waals surface area contributed by atoms with Gasteiger partial charge in [-0.2, -0.15) is 4.98 Å². The molecular formula is C21H18ClN5OS. The highest BCUT2D eigenvalue weighted by Crippen LogP contribution is 2.39. The van der Waals surface area contributed by atoms with E-state index in [2.05, 4.69) is 37.0 Å². The molecule has 2 aromatic heterocycles. The lowest BCUT2D eigenvalue weighted by atomic mass is 10.1. The fourth-order valence-corrected chi connectivity index (χ4v) is 4.03. The summed E-state index contributed by atoms with van der Waals surface area (Å²) < 4.78 is 7.42. The third kappa shape index (κ3) is 4.21. The predicted molar refractivity (Wildman–Crippen MR) is 111 cm³/mol. The first-order chi connectivity index (χ1) is 14.3. The smallest absolute Gasteiger partial charge is 0.229 e. The molecule has 1 aliphatic rings. The van der Waals surface area contributed by atoms with Gasteiger partial charge in [-0.05, 0) is 42.7 Å². The van der Waals surface area contributed by atoms with Crippen molar-refractivity contribution in [3.8, 4) is 5.69 Å². The first kappa shape index (κ1) is 18.4. The Morgan fingerprint density at radius 2 is 1.83 bits per heavy atom. The number of benzene rings is 2. The van der Waals surface area contributed by atoms with Gasteiger partial charge in [0.1, 0.15) is 5.82 Å². The Morgan fingerprint density at radius 1 is 1.03 bits per heavy atom. The summed E-state index contributed by atoms with van der Waals surface area (Å²) in [6, 6.07) is 17.9. The van der Waals surface area contributed by atoms with Crippen LogP contribution in [0.25, 0.3) is 5.69 Å². The summed E-state index contributed by atoms with van der Waals surface area (Å²) in [5, 5.41) is 14.5. The van der Waals surface area contributed by atoms with E-state index in [4.69, 9.17) is 16.1 Å². The van der Waals surface area contributed by atoms with Crippen molar-refractivity contribution < 1.29 is 4.52 Å². The van der Waals surface area contributed by atoms with Crippen LogP contribution in [0.5, 0.6) is 0 Å². The zero-order chi connectivity index (χ0) is 19.6. The molecule has 146 valence electrons. The Kier molecular flexibility index (Phi) is 5.08. The summed E-state index contributed by atoms with van der Waals surface area (Å²) in [6.07, 6.45) is 2.97. The van der Waals surface area contributed by atoms with E-state index in [0.717, 1.165) is 35.4 Å². The van der Waals surface area contributed by atoms with E-state index in [1.165, 1.54) is 5.56 Å². The van der Waals surface area contributed by atoms with Crippen LogP contribution in [0.15, 0.2) is 64.3 Å². The highest BCUT2D eigenvalue weighted by atomic mass is 35.5. The molecule has 0 aliphatic heterocycles. The summed E-state index contributed by atoms with van der Waals surface area (Å²) in [6.45, 7) is 0. The lowest BCUT2D eigenvalue weighted by Gasteiger charge is -2.10. The molecule has 1 saturated carbocycles. The molecule has 1 fully saturated rings. The van der Waals surface area contributed by atoms with Crippen molar-refractivity contribution in [1.29, 1.82) is 0 Å². The maximum atomic E-state index is 6.08. The lowest BCUT2D eigenvalue weighted by molar-refractivity contribution is 0.375. The molecule has 0 spiro atoms. The van der Waals surface area contributed by atoms with Gasteiger partial charge in [-0.25, -0.2) is 0 Å². The standard InChI is InChI=1S/C21H18ClN5OS/c22-16-8-10-17(11-9-16)27-19(12-14-4-2-1-3-5-14)24-25-21(27)29-13-18-23-20(28-26-18)15-6-7-15/h1-5,8-11,15H,6-7,12-13H2. The van der Waals surface area contributed by atoms with Crippen LogP contribution in [0.4, 0.5) is 0 Å². The van der Waals surface area contributed by atoms with Crippen molar-refractivity contribution in [1.82, 2.24) is 24.9 Å². The van der Waals surface area contributed by atoms with Crippen molar-refractivity contribution >= 4 is 23.4 Å². The van der Waals surface area contributed by atoms with Crippen molar-refractivity contribution in [3.63, 3.8) is 0 Å². The normalized spacial score (nSPS) is 13.7. The summed E-state index contributed by atoms with van der Waals surface area (Å²) in [5.74, 6) is 3.34. The number of hydrogen-bond donors (Lipinski definition) is 0. The zero-order valence-electron chi connectivity index (χ0n) is 15.5. The van der Waals surface area contributed by atoms with Gasteiger partial charge in [0.05, 0.1) is 5.75 Å². The van der Waals surface area contributed by atoms with Crippen molar-refractivity contribution in [3.05, 3.63) is 82.7 Å². The second-order valence-electron chi connectivity index (χ2n) is 6.98. The van der Waals surface area contributed by atoms with Gasteiger partial charge in [0, 0.05) is 23.0 Å². The molecule has 0 atom stereocenters. The molecule has 8 heteroatoms. The summed E-state index contributed by atoms with van der Waals surface area (Å²) >= 11 is 7.63. The molecule has 0 N–H and O–H groups in total. The van der Waals surface area contributed by atoms with Crippen LogP contribution >= 0.6 is 23.4 Å². The van der Waals surface area contributed by atoms with E-state index in [9.17, 15) is 0 Å². The molecule has 2 heterocycles. The molecule has 4 aromatic rings. The Hall–Kier alpha value is -2.64. The third-order valence-electron chi connectivity index (χ3n) is 4.73. The number of halogens is 1. The van der Waals surface area contributed by atoms with Crippen LogP contribution in [-0.4, -0.2) is 24.9 Å². The van der Waals surface area contributed by atoms with E-state index in [0.29, 0.717) is 28.9 Å². The largest absolute Gasteiger partial charge is 0.339 e. The van der Waals surface area contributed by atoms with Gasteiger partial charge in [-0.15, -0.1) is 10.2 Å². The van der Waals surface area contributed by atoms with Crippen LogP contribution in [0.2, 0.25) is 5.02 Å². The van der Waals surface area contributed by atoms with E-state index in [1.807, 2.05) is 42.5 Å². The topological polar surface area (TPSA) is 69.6 Å². The maximum absolute atomic E-state index is 6.08. The molecule has 5 rings (SSSR count). The second-order valence-corrected chi connectivity index (χ2v) is 8.36. The second kappa shape index (κ2) is 8.00. The summed E-state index contributed by atoms with van der Waals surface area (Å²) in [5.41, 5.74) is 2.15. The fraction of sp³-hybridized carbons (Fsp3) is 0.238. The van der Waals surface area contributed by atoms with Crippen LogP contribution in [0.3, 0.4) is 0 Å². The van der Waals surface area contributed by atoms with Crippen molar-refractivity contribution in [2.75, 3.05) is 0 Å². The number of rotatable bonds is 7. The quantitative estimate of drug-likeness (QED) is 0.387. The van der Waals surface area contributed by atoms with Gasteiger partial charge in [-0.1, -0.05) is 58.9 Å². The highest BCUT2D eigenvalue weighted by Gasteiger charge is 2.29. The third-order valence-corrected chi connectivity index (χ3v) is 5.91. The molecule has 0 saturated heterocycles. The first-order valence-corrected chi connectivity index (χ1v) is 10.8. The van der Waals surface area contributed by atoms with Gasteiger partial charge >= 0.3 is 0 Å². The highest BCUT2D eigenvalue weighted by molar-refractivity contribution is 7.98. The molecule has 29 heavy (non-hydrogen) atoms. The molecule has 1 aliphatic carbocycles. The van der Waals surface area contributed by atoms with E-state index in [-0.39, 0.29) is 0 Å². The molecule has 6 nitrogen and oxygen atoms in total. The SMILES string of the molecule is Clc1ccc(-n2c(Cc3ccccc3)nnc2SCc2noc(C3CC3)n2)cc1. The number of aromatic nitrogens is 5. The van der Waals surface area contributed by atoms with Gasteiger partial charge in [0.2, 0.25) is 5.89 Å². The molecule has 0 bridgehead atoms. The monoisotopic (exact) mass is 423 g/mol.